The van der Waals surface area contributed by atoms with Crippen LogP contribution < -0.4 is 19.5 Å². The average molecular weight is 543 g/mol. The van der Waals surface area contributed by atoms with Crippen molar-refractivity contribution < 1.29 is 27.4 Å². The molecular formula is C27H27ClN2O6S. The van der Waals surface area contributed by atoms with Crippen molar-refractivity contribution >= 4 is 33.2 Å². The summed E-state index contributed by atoms with van der Waals surface area (Å²) in [5.41, 5.74) is 1.57. The number of benzene rings is 3. The summed E-state index contributed by atoms with van der Waals surface area (Å²) < 4.78 is 44.8. The monoisotopic (exact) mass is 542 g/mol. The highest BCUT2D eigenvalue weighted by molar-refractivity contribution is 7.89. The van der Waals surface area contributed by atoms with Crippen LogP contribution in [0.5, 0.6) is 23.0 Å². The summed E-state index contributed by atoms with van der Waals surface area (Å²) >= 11 is 6.18. The summed E-state index contributed by atoms with van der Waals surface area (Å²) in [5.74, 6) is 1.52. The zero-order chi connectivity index (χ0) is 26.0. The van der Waals surface area contributed by atoms with E-state index in [1.54, 1.807) is 24.3 Å². The van der Waals surface area contributed by atoms with E-state index in [1.807, 2.05) is 31.2 Å². The Morgan fingerprint density at radius 3 is 2.41 bits per heavy atom. The molecule has 0 atom stereocenters. The molecule has 1 saturated heterocycles. The van der Waals surface area contributed by atoms with E-state index < -0.39 is 10.0 Å². The lowest BCUT2D eigenvalue weighted by Crippen LogP contribution is -2.41. The minimum atomic E-state index is -3.72. The molecule has 1 fully saturated rings. The molecule has 194 valence electrons. The molecule has 0 saturated carbocycles. The van der Waals surface area contributed by atoms with Gasteiger partial charge in [0.15, 0.2) is 17.2 Å². The first-order chi connectivity index (χ1) is 17.8. The maximum Gasteiger partial charge on any atom is 0.243 e. The van der Waals surface area contributed by atoms with Gasteiger partial charge in [-0.2, -0.15) is 4.31 Å². The Bertz CT molecular complexity index is 1400. The molecule has 1 amide bonds. The molecule has 10 heteroatoms. The van der Waals surface area contributed by atoms with Crippen LogP contribution in [0.2, 0.25) is 5.02 Å². The van der Waals surface area contributed by atoms with E-state index in [0.717, 1.165) is 5.56 Å². The van der Waals surface area contributed by atoms with Crippen LogP contribution >= 0.6 is 11.6 Å². The molecule has 2 aliphatic rings. The number of piperidine rings is 1. The van der Waals surface area contributed by atoms with Crippen LogP contribution in [-0.4, -0.2) is 44.9 Å². The number of rotatable bonds is 6. The van der Waals surface area contributed by atoms with Gasteiger partial charge in [-0.15, -0.1) is 0 Å². The summed E-state index contributed by atoms with van der Waals surface area (Å²) in [7, 11) is -3.72. The standard InChI is InChI=1S/C27H27ClN2O6S/c1-18-2-5-21(6-3-18)36-24-8-4-20(28)16-23(24)29-27(31)19-10-12-30(13-11-19)37(32,33)22-7-9-25-26(17-22)35-15-14-34-25/h2-9,16-17,19H,10-15H2,1H3,(H,29,31). The molecule has 1 N–H and O–H groups in total. The Kier molecular flexibility index (Phi) is 7.28. The summed E-state index contributed by atoms with van der Waals surface area (Å²) in [6, 6.07) is 17.3. The van der Waals surface area contributed by atoms with Crippen LogP contribution in [-0.2, 0) is 14.8 Å². The molecule has 2 heterocycles. The third-order valence-electron chi connectivity index (χ3n) is 6.42. The zero-order valence-corrected chi connectivity index (χ0v) is 21.8. The molecular weight excluding hydrogens is 516 g/mol. The Morgan fingerprint density at radius 2 is 1.68 bits per heavy atom. The number of sulfonamides is 1. The Hall–Kier alpha value is -3.27. The van der Waals surface area contributed by atoms with Crippen molar-refractivity contribution in [1.29, 1.82) is 0 Å². The van der Waals surface area contributed by atoms with Gasteiger partial charge in [0.25, 0.3) is 0 Å². The fraction of sp³-hybridized carbons (Fsp3) is 0.296. The number of hydrogen-bond acceptors (Lipinski definition) is 6. The first-order valence-electron chi connectivity index (χ1n) is 12.0. The molecule has 3 aromatic carbocycles. The molecule has 5 rings (SSSR count). The number of halogens is 1. The lowest BCUT2D eigenvalue weighted by Gasteiger charge is -2.31. The molecule has 37 heavy (non-hydrogen) atoms. The third kappa shape index (κ3) is 5.69. The highest BCUT2D eigenvalue weighted by atomic mass is 35.5. The highest BCUT2D eigenvalue weighted by Gasteiger charge is 2.33. The van der Waals surface area contributed by atoms with Crippen molar-refractivity contribution in [3.05, 3.63) is 71.2 Å². The van der Waals surface area contributed by atoms with Gasteiger partial charge in [0.05, 0.1) is 10.6 Å². The van der Waals surface area contributed by atoms with E-state index in [2.05, 4.69) is 5.32 Å². The second kappa shape index (κ2) is 10.6. The number of nitrogens with zero attached hydrogens (tertiary/aromatic N) is 1. The Labute approximate surface area is 221 Å². The maximum atomic E-state index is 13.2. The van der Waals surface area contributed by atoms with Crippen LogP contribution in [0.15, 0.2) is 65.6 Å². The number of nitrogens with one attached hydrogen (secondary N) is 1. The van der Waals surface area contributed by atoms with Crippen LogP contribution in [0.3, 0.4) is 0 Å². The number of aryl methyl sites for hydroxylation is 1. The number of amides is 1. The number of hydrogen-bond donors (Lipinski definition) is 1. The fourth-order valence-corrected chi connectivity index (χ4v) is 6.01. The van der Waals surface area contributed by atoms with Gasteiger partial charge in [-0.05, 0) is 62.2 Å². The number of anilines is 1. The van der Waals surface area contributed by atoms with Crippen molar-refractivity contribution in [3.63, 3.8) is 0 Å². The normalized spacial score (nSPS) is 16.3. The minimum Gasteiger partial charge on any atom is -0.486 e. The van der Waals surface area contributed by atoms with Gasteiger partial charge in [0.2, 0.25) is 15.9 Å². The molecule has 2 aliphatic heterocycles. The van der Waals surface area contributed by atoms with Gasteiger partial charge in [-0.3, -0.25) is 4.79 Å². The van der Waals surface area contributed by atoms with Gasteiger partial charge >= 0.3 is 0 Å². The molecule has 0 radical (unpaired) electrons. The fourth-order valence-electron chi connectivity index (χ4n) is 4.35. The topological polar surface area (TPSA) is 94.2 Å². The van der Waals surface area contributed by atoms with E-state index in [-0.39, 0.29) is 29.8 Å². The molecule has 8 nitrogen and oxygen atoms in total. The average Bonchev–Trinajstić information content (AvgIpc) is 2.91. The van der Waals surface area contributed by atoms with Crippen LogP contribution in [0, 0.1) is 12.8 Å². The van der Waals surface area contributed by atoms with E-state index in [0.29, 0.717) is 59.8 Å². The molecule has 0 aromatic heterocycles. The Balaban J connectivity index is 1.24. The van der Waals surface area contributed by atoms with Crippen molar-refractivity contribution in [1.82, 2.24) is 4.31 Å². The second-order valence-corrected chi connectivity index (χ2v) is 11.4. The van der Waals surface area contributed by atoms with Gasteiger partial charge in [0.1, 0.15) is 19.0 Å². The number of fused-ring (bicyclic) bond motifs is 1. The summed E-state index contributed by atoms with van der Waals surface area (Å²) in [6.07, 6.45) is 0.786. The number of carbonyl (C=O) groups excluding carboxylic acids is 1. The second-order valence-electron chi connectivity index (χ2n) is 9.03. The van der Waals surface area contributed by atoms with Crippen LogP contribution in [0.25, 0.3) is 0 Å². The molecule has 0 unspecified atom stereocenters. The number of carbonyl (C=O) groups is 1. The Morgan fingerprint density at radius 1 is 0.973 bits per heavy atom. The van der Waals surface area contributed by atoms with Crippen molar-refractivity contribution in [3.8, 4) is 23.0 Å². The zero-order valence-electron chi connectivity index (χ0n) is 20.3. The van der Waals surface area contributed by atoms with Crippen molar-refractivity contribution in [2.75, 3.05) is 31.6 Å². The van der Waals surface area contributed by atoms with Gasteiger partial charge < -0.3 is 19.5 Å². The summed E-state index contributed by atoms with van der Waals surface area (Å²) in [4.78, 5) is 13.3. The predicted octanol–water partition coefficient (Wildman–Crippen LogP) is 5.25. The van der Waals surface area contributed by atoms with E-state index in [1.165, 1.54) is 16.4 Å². The first kappa shape index (κ1) is 25.4. The predicted molar refractivity (Wildman–Crippen MR) is 140 cm³/mol. The highest BCUT2D eigenvalue weighted by Crippen LogP contribution is 2.35. The van der Waals surface area contributed by atoms with E-state index >= 15 is 0 Å². The lowest BCUT2D eigenvalue weighted by molar-refractivity contribution is -0.120. The van der Waals surface area contributed by atoms with E-state index in [9.17, 15) is 13.2 Å². The quantitative estimate of drug-likeness (QED) is 0.457. The minimum absolute atomic E-state index is 0.150. The van der Waals surface area contributed by atoms with Gasteiger partial charge in [0, 0.05) is 30.1 Å². The van der Waals surface area contributed by atoms with Crippen molar-refractivity contribution in [2.24, 2.45) is 5.92 Å². The molecule has 0 bridgehead atoms. The third-order valence-corrected chi connectivity index (χ3v) is 8.55. The first-order valence-corrected chi connectivity index (χ1v) is 13.9. The smallest absolute Gasteiger partial charge is 0.243 e. The number of ether oxygens (including phenoxy) is 3. The molecule has 3 aromatic rings. The summed E-state index contributed by atoms with van der Waals surface area (Å²) in [6.45, 7) is 3.27. The van der Waals surface area contributed by atoms with Gasteiger partial charge in [-0.25, -0.2) is 8.42 Å². The largest absolute Gasteiger partial charge is 0.486 e. The molecule has 0 aliphatic carbocycles. The van der Waals surface area contributed by atoms with Gasteiger partial charge in [-0.1, -0.05) is 29.3 Å². The van der Waals surface area contributed by atoms with Crippen LogP contribution in [0.1, 0.15) is 18.4 Å². The molecule has 0 spiro atoms. The van der Waals surface area contributed by atoms with Crippen LogP contribution in [0.4, 0.5) is 5.69 Å². The van der Waals surface area contributed by atoms with Crippen molar-refractivity contribution in [2.45, 2.75) is 24.7 Å². The van der Waals surface area contributed by atoms with E-state index in [4.69, 9.17) is 25.8 Å². The lowest BCUT2D eigenvalue weighted by atomic mass is 9.97. The summed E-state index contributed by atoms with van der Waals surface area (Å²) in [5, 5.41) is 3.39. The SMILES string of the molecule is Cc1ccc(Oc2ccc(Cl)cc2NC(=O)C2CCN(S(=O)(=O)c3ccc4c(c3)OCCO4)CC2)cc1. The maximum absolute atomic E-state index is 13.2.